The van der Waals surface area contributed by atoms with Crippen molar-refractivity contribution in [2.45, 2.75) is 59.6 Å². The van der Waals surface area contributed by atoms with Crippen molar-refractivity contribution in [1.29, 1.82) is 0 Å². The minimum Gasteiger partial charge on any atom is -0.220 e. The summed E-state index contributed by atoms with van der Waals surface area (Å²) in [4.78, 5) is 0. The van der Waals surface area contributed by atoms with Crippen LogP contribution in [0.25, 0.3) is 0 Å². The minimum absolute atomic E-state index is 0.405. The topological polar surface area (TPSA) is 38.7 Å². The third kappa shape index (κ3) is 4.62. The van der Waals surface area contributed by atoms with Crippen LogP contribution < -0.4 is 0 Å². The molecule has 1 fully saturated rings. The monoisotopic (exact) mass is 290 g/mol. The average Bonchev–Trinajstić information content (AvgIpc) is 2.34. The van der Waals surface area contributed by atoms with Gasteiger partial charge in [-0.3, -0.25) is 0 Å². The Morgan fingerprint density at radius 1 is 0.895 bits per heavy atom. The number of hydrogen-bond acceptors (Lipinski definition) is 4. The fourth-order valence-electron chi connectivity index (χ4n) is 3.43. The number of hydrogen-bond donors (Lipinski definition) is 1. The molecule has 19 heavy (non-hydrogen) atoms. The Morgan fingerprint density at radius 3 is 1.68 bits per heavy atom. The van der Waals surface area contributed by atoms with Gasteiger partial charge in [0.15, 0.2) is 0 Å². The van der Waals surface area contributed by atoms with Crippen LogP contribution in [0.15, 0.2) is 0 Å². The molecular formula is C15H30O3S. The normalized spacial score (nSPS) is 32.5. The van der Waals surface area contributed by atoms with E-state index in [-0.39, 0.29) is 0 Å². The zero-order chi connectivity index (χ0) is 14.6. The van der Waals surface area contributed by atoms with Gasteiger partial charge in [-0.25, -0.2) is 5.26 Å². The maximum Gasteiger partial charge on any atom is 0.0405 e. The van der Waals surface area contributed by atoms with Crippen LogP contribution in [0.5, 0.6) is 0 Å². The summed E-state index contributed by atoms with van der Waals surface area (Å²) in [7, 11) is 0. The summed E-state index contributed by atoms with van der Waals surface area (Å²) in [6.07, 6.45) is 2.51. The largest absolute Gasteiger partial charge is 0.220 e. The maximum absolute atomic E-state index is 8.44. The third-order valence-electron chi connectivity index (χ3n) is 4.83. The molecule has 0 radical (unpaired) electrons. The van der Waals surface area contributed by atoms with Gasteiger partial charge < -0.3 is 0 Å². The van der Waals surface area contributed by atoms with Crippen molar-refractivity contribution in [3.05, 3.63) is 0 Å². The summed E-state index contributed by atoms with van der Waals surface area (Å²) in [5.41, 5.74) is 0. The van der Waals surface area contributed by atoms with Crippen LogP contribution in [0.3, 0.4) is 0 Å². The van der Waals surface area contributed by atoms with Gasteiger partial charge >= 0.3 is 0 Å². The predicted molar refractivity (Wildman–Crippen MR) is 80.4 cm³/mol. The average molecular weight is 290 g/mol. The van der Waals surface area contributed by atoms with Crippen LogP contribution in [-0.2, 0) is 9.37 Å². The molecule has 0 bridgehead atoms. The van der Waals surface area contributed by atoms with E-state index in [0.29, 0.717) is 28.9 Å². The molecular weight excluding hydrogens is 260 g/mol. The summed E-state index contributed by atoms with van der Waals surface area (Å²) < 4.78 is 4.80. The molecule has 2 unspecified atom stereocenters. The molecule has 1 N–H and O–H groups in total. The lowest BCUT2D eigenvalue weighted by Crippen LogP contribution is -2.41. The van der Waals surface area contributed by atoms with Crippen molar-refractivity contribution >= 4 is 12.0 Å². The van der Waals surface area contributed by atoms with E-state index in [4.69, 9.17) is 9.59 Å². The molecule has 2 atom stereocenters. The van der Waals surface area contributed by atoms with Crippen LogP contribution in [0.2, 0.25) is 0 Å². The van der Waals surface area contributed by atoms with Gasteiger partial charge in [-0.05, 0) is 48.3 Å². The number of rotatable bonds is 6. The quantitative estimate of drug-likeness (QED) is 0.423. The Balaban J connectivity index is 2.87. The van der Waals surface area contributed by atoms with Crippen molar-refractivity contribution in [2.24, 2.45) is 35.5 Å². The first-order valence-electron chi connectivity index (χ1n) is 7.52. The molecule has 3 nitrogen and oxygen atoms in total. The van der Waals surface area contributed by atoms with Crippen LogP contribution in [0.4, 0.5) is 0 Å². The van der Waals surface area contributed by atoms with E-state index >= 15 is 0 Å². The second-order valence-corrected chi connectivity index (χ2v) is 7.87. The highest BCUT2D eigenvalue weighted by molar-refractivity contribution is 7.95. The molecule has 1 saturated carbocycles. The molecule has 0 amide bonds. The van der Waals surface area contributed by atoms with Crippen molar-refractivity contribution < 1.29 is 14.6 Å². The van der Waals surface area contributed by atoms with Crippen molar-refractivity contribution in [1.82, 2.24) is 0 Å². The Bertz CT molecular complexity index is 238. The van der Waals surface area contributed by atoms with E-state index in [1.807, 2.05) is 0 Å². The molecule has 0 spiro atoms. The molecule has 1 rings (SSSR count). The molecule has 0 aliphatic heterocycles. The van der Waals surface area contributed by atoms with Crippen molar-refractivity contribution in [3.8, 4) is 0 Å². The first-order valence-corrected chi connectivity index (χ1v) is 8.32. The van der Waals surface area contributed by atoms with Crippen LogP contribution >= 0.6 is 12.0 Å². The van der Waals surface area contributed by atoms with E-state index in [1.165, 1.54) is 24.9 Å². The van der Waals surface area contributed by atoms with Gasteiger partial charge in [-0.15, -0.1) is 4.33 Å². The van der Waals surface area contributed by atoms with E-state index < -0.39 is 0 Å². The molecule has 0 heterocycles. The summed E-state index contributed by atoms with van der Waals surface area (Å²) in [6.45, 7) is 13.8. The smallest absolute Gasteiger partial charge is 0.0405 e. The summed E-state index contributed by atoms with van der Waals surface area (Å²) in [5, 5.41) is 12.7. The lowest BCUT2D eigenvalue weighted by molar-refractivity contribution is -0.432. The highest BCUT2D eigenvalue weighted by atomic mass is 32.2. The third-order valence-corrected chi connectivity index (χ3v) is 5.89. The zero-order valence-electron chi connectivity index (χ0n) is 13.1. The SMILES string of the molecule is CC(C)C1CC(C(C)C)C(SOOO)C(C(C)C)C1. The van der Waals surface area contributed by atoms with E-state index in [9.17, 15) is 0 Å². The van der Waals surface area contributed by atoms with Crippen LogP contribution in [-0.4, -0.2) is 10.5 Å². The fourth-order valence-corrected chi connectivity index (χ4v) is 4.70. The molecule has 0 aromatic carbocycles. The standard InChI is InChI=1S/C15H30O3S/c1-9(2)12-7-13(10(3)4)15(19-18-17-16)14(8-12)11(5)6/h9-16H,7-8H2,1-6H3. The molecule has 1 aliphatic carbocycles. The first-order chi connectivity index (χ1) is 8.88. The van der Waals surface area contributed by atoms with Crippen molar-refractivity contribution in [2.75, 3.05) is 0 Å². The lowest BCUT2D eigenvalue weighted by atomic mass is 9.65. The molecule has 1 aliphatic rings. The van der Waals surface area contributed by atoms with Gasteiger partial charge in [0.1, 0.15) is 0 Å². The van der Waals surface area contributed by atoms with Gasteiger partial charge in [0.05, 0.1) is 0 Å². The molecule has 0 aromatic rings. The van der Waals surface area contributed by atoms with Crippen molar-refractivity contribution in [3.63, 3.8) is 0 Å². The Kier molecular flexibility index (Phi) is 7.15. The van der Waals surface area contributed by atoms with Gasteiger partial charge in [0.25, 0.3) is 0 Å². The Morgan fingerprint density at radius 2 is 1.37 bits per heavy atom. The zero-order valence-corrected chi connectivity index (χ0v) is 13.9. The molecule has 0 aromatic heterocycles. The van der Waals surface area contributed by atoms with Gasteiger partial charge in [0.2, 0.25) is 0 Å². The summed E-state index contributed by atoms with van der Waals surface area (Å²) >= 11 is 1.31. The summed E-state index contributed by atoms with van der Waals surface area (Å²) in [6, 6.07) is 0. The van der Waals surface area contributed by atoms with E-state index in [0.717, 1.165) is 11.8 Å². The first kappa shape index (κ1) is 17.3. The maximum atomic E-state index is 8.44. The second-order valence-electron chi connectivity index (χ2n) is 6.99. The molecule has 0 saturated heterocycles. The van der Waals surface area contributed by atoms with E-state index in [2.05, 4.69) is 46.6 Å². The van der Waals surface area contributed by atoms with Gasteiger partial charge in [-0.2, -0.15) is 0 Å². The van der Waals surface area contributed by atoms with Gasteiger partial charge in [0, 0.05) is 17.3 Å². The highest BCUT2D eigenvalue weighted by Gasteiger charge is 2.42. The van der Waals surface area contributed by atoms with E-state index in [1.54, 1.807) is 0 Å². The van der Waals surface area contributed by atoms with Gasteiger partial charge in [-0.1, -0.05) is 46.6 Å². The lowest BCUT2D eigenvalue weighted by Gasteiger charge is -2.45. The molecule has 4 heteroatoms. The van der Waals surface area contributed by atoms with Crippen LogP contribution in [0.1, 0.15) is 54.4 Å². The fraction of sp³-hybridized carbons (Fsp3) is 1.00. The second kappa shape index (κ2) is 7.87. The van der Waals surface area contributed by atoms with Crippen LogP contribution in [0, 0.1) is 35.5 Å². The Hall–Kier alpha value is 0.230. The molecule has 114 valence electrons. The Labute approximate surface area is 122 Å². The predicted octanol–water partition coefficient (Wildman–Crippen LogP) is 5.03. The summed E-state index contributed by atoms with van der Waals surface area (Å²) in [5.74, 6) is 4.03. The highest BCUT2D eigenvalue weighted by Crippen LogP contribution is 2.48. The minimum atomic E-state index is 0.405.